The van der Waals surface area contributed by atoms with Gasteiger partial charge in [0, 0.05) is 5.56 Å². The molecule has 0 aromatic heterocycles. The van der Waals surface area contributed by atoms with Crippen molar-refractivity contribution in [2.45, 2.75) is 70.8 Å². The molecule has 0 bridgehead atoms. The molecule has 1 nitrogen and oxygen atoms in total. The van der Waals surface area contributed by atoms with E-state index in [1.165, 1.54) is 51.0 Å². The quantitative estimate of drug-likeness (QED) is 0.331. The molecule has 0 heterocycles. The summed E-state index contributed by atoms with van der Waals surface area (Å²) in [7, 11) is 0. The van der Waals surface area contributed by atoms with Crippen LogP contribution in [0.25, 0.3) is 11.1 Å². The van der Waals surface area contributed by atoms with Crippen LogP contribution in [-0.2, 0) is 6.61 Å². The van der Waals surface area contributed by atoms with Crippen LogP contribution in [0.4, 0.5) is 8.78 Å². The van der Waals surface area contributed by atoms with E-state index in [-0.39, 0.29) is 11.6 Å². The molecule has 4 atom stereocenters. The van der Waals surface area contributed by atoms with Crippen molar-refractivity contribution in [1.82, 2.24) is 0 Å². The highest BCUT2D eigenvalue weighted by Crippen LogP contribution is 2.48. The Morgan fingerprint density at radius 1 is 0.800 bits per heavy atom. The zero-order valence-corrected chi connectivity index (χ0v) is 20.7. The minimum absolute atomic E-state index is 0.181. The van der Waals surface area contributed by atoms with Gasteiger partial charge in [0.1, 0.15) is 12.4 Å². The number of hydrogen-bond acceptors (Lipinski definition) is 1. The highest BCUT2D eigenvalue weighted by Gasteiger charge is 2.35. The topological polar surface area (TPSA) is 9.23 Å². The third kappa shape index (κ3) is 5.60. The normalized spacial score (nSPS) is 24.1. The molecular weight excluding hydrogens is 438 g/mol. The van der Waals surface area contributed by atoms with Crippen LogP contribution >= 0.6 is 0 Å². The first-order valence-corrected chi connectivity index (χ1v) is 13.4. The maximum atomic E-state index is 15.2. The summed E-state index contributed by atoms with van der Waals surface area (Å²) in [5.74, 6) is 2.46. The smallest absolute Gasteiger partial charge is 0.165 e. The predicted octanol–water partition coefficient (Wildman–Crippen LogP) is 9.31. The molecule has 3 aromatic rings. The monoisotopic (exact) mass is 474 g/mol. The molecule has 5 rings (SSSR count). The van der Waals surface area contributed by atoms with Crippen LogP contribution in [0.3, 0.4) is 0 Å². The second-order valence-corrected chi connectivity index (χ2v) is 10.7. The van der Waals surface area contributed by atoms with Crippen molar-refractivity contribution in [2.24, 2.45) is 17.8 Å². The number of fused-ring (bicyclic) bond motifs is 1. The summed E-state index contributed by atoms with van der Waals surface area (Å²) in [5, 5.41) is 0. The van der Waals surface area contributed by atoms with Crippen molar-refractivity contribution >= 4 is 0 Å². The summed E-state index contributed by atoms with van der Waals surface area (Å²) in [5.41, 5.74) is 3.05. The minimum Gasteiger partial charge on any atom is -0.486 e. The zero-order chi connectivity index (χ0) is 24.2. The molecule has 35 heavy (non-hydrogen) atoms. The Kier molecular flexibility index (Phi) is 7.51. The van der Waals surface area contributed by atoms with Crippen molar-refractivity contribution in [1.29, 1.82) is 0 Å². The summed E-state index contributed by atoms with van der Waals surface area (Å²) < 4.78 is 35.6. The zero-order valence-electron chi connectivity index (χ0n) is 20.7. The van der Waals surface area contributed by atoms with Gasteiger partial charge in [0.25, 0.3) is 0 Å². The minimum atomic E-state index is -0.473. The molecule has 2 aliphatic rings. The molecule has 2 fully saturated rings. The average molecular weight is 475 g/mol. The molecule has 2 aliphatic carbocycles. The third-order valence-corrected chi connectivity index (χ3v) is 8.36. The van der Waals surface area contributed by atoms with E-state index >= 15 is 4.39 Å². The van der Waals surface area contributed by atoms with E-state index < -0.39 is 5.82 Å². The van der Waals surface area contributed by atoms with Crippen LogP contribution in [-0.4, -0.2) is 0 Å². The largest absolute Gasteiger partial charge is 0.486 e. The molecule has 1 unspecified atom stereocenters. The van der Waals surface area contributed by atoms with Gasteiger partial charge in [-0.3, -0.25) is 0 Å². The molecule has 0 amide bonds. The summed E-state index contributed by atoms with van der Waals surface area (Å²) in [6, 6.07) is 19.9. The van der Waals surface area contributed by atoms with E-state index in [1.54, 1.807) is 18.2 Å². The molecule has 0 aliphatic heterocycles. The molecular formula is C32H36F2O. The van der Waals surface area contributed by atoms with Gasteiger partial charge < -0.3 is 4.74 Å². The molecule has 3 aromatic carbocycles. The van der Waals surface area contributed by atoms with E-state index in [9.17, 15) is 4.39 Å². The second-order valence-electron chi connectivity index (χ2n) is 10.7. The van der Waals surface area contributed by atoms with Gasteiger partial charge >= 0.3 is 0 Å². The average Bonchev–Trinajstić information content (AvgIpc) is 2.88. The van der Waals surface area contributed by atoms with Crippen LogP contribution in [0, 0.1) is 29.4 Å². The lowest BCUT2D eigenvalue weighted by Gasteiger charge is -2.42. The van der Waals surface area contributed by atoms with Crippen LogP contribution < -0.4 is 4.74 Å². The first kappa shape index (κ1) is 24.0. The van der Waals surface area contributed by atoms with E-state index in [1.807, 2.05) is 36.4 Å². The lowest BCUT2D eigenvalue weighted by atomic mass is 9.63. The first-order chi connectivity index (χ1) is 17.1. The second kappa shape index (κ2) is 10.9. The number of hydrogen-bond donors (Lipinski definition) is 0. The Morgan fingerprint density at radius 3 is 2.37 bits per heavy atom. The maximum absolute atomic E-state index is 15.2. The summed E-state index contributed by atoms with van der Waals surface area (Å²) in [4.78, 5) is 0. The van der Waals surface area contributed by atoms with Crippen LogP contribution in [0.2, 0.25) is 0 Å². The Morgan fingerprint density at radius 2 is 1.60 bits per heavy atom. The van der Waals surface area contributed by atoms with E-state index in [4.69, 9.17) is 4.74 Å². The molecule has 3 heteroatoms. The van der Waals surface area contributed by atoms with Crippen LogP contribution in [0.1, 0.15) is 75.3 Å². The van der Waals surface area contributed by atoms with Crippen LogP contribution in [0.15, 0.2) is 66.7 Å². The molecule has 2 saturated carbocycles. The molecule has 0 saturated heterocycles. The van der Waals surface area contributed by atoms with Crippen molar-refractivity contribution in [3.05, 3.63) is 89.5 Å². The SMILES string of the molecule is CCCC1CC[C@@H]2C[C@H](c3ccc(-c4ccc(OCc5ccccc5)c(F)c4)c(F)c3)CC[C@@H]2C1. The van der Waals surface area contributed by atoms with Gasteiger partial charge in [0.2, 0.25) is 0 Å². The molecule has 0 radical (unpaired) electrons. The van der Waals surface area contributed by atoms with Gasteiger partial charge in [-0.25, -0.2) is 8.78 Å². The molecule has 0 spiro atoms. The van der Waals surface area contributed by atoms with Gasteiger partial charge in [-0.1, -0.05) is 74.7 Å². The first-order valence-electron chi connectivity index (χ1n) is 13.4. The fraction of sp³-hybridized carbons (Fsp3) is 0.438. The Balaban J connectivity index is 1.24. The predicted molar refractivity (Wildman–Crippen MR) is 138 cm³/mol. The van der Waals surface area contributed by atoms with Gasteiger partial charge in [-0.05, 0) is 90.7 Å². The van der Waals surface area contributed by atoms with E-state index in [2.05, 4.69) is 13.0 Å². The van der Waals surface area contributed by atoms with Crippen LogP contribution in [0.5, 0.6) is 5.75 Å². The van der Waals surface area contributed by atoms with Crippen molar-refractivity contribution in [3.63, 3.8) is 0 Å². The van der Waals surface area contributed by atoms with Crippen molar-refractivity contribution in [2.75, 3.05) is 0 Å². The molecule has 0 N–H and O–H groups in total. The van der Waals surface area contributed by atoms with Gasteiger partial charge in [-0.2, -0.15) is 0 Å². The number of benzene rings is 3. The van der Waals surface area contributed by atoms with Gasteiger partial charge in [0.05, 0.1) is 0 Å². The van der Waals surface area contributed by atoms with Crippen molar-refractivity contribution < 1.29 is 13.5 Å². The maximum Gasteiger partial charge on any atom is 0.165 e. The Bertz CT molecular complexity index is 1130. The summed E-state index contributed by atoms with van der Waals surface area (Å²) in [6.07, 6.45) is 10.4. The lowest BCUT2D eigenvalue weighted by molar-refractivity contribution is 0.114. The van der Waals surface area contributed by atoms with Gasteiger partial charge in [0.15, 0.2) is 11.6 Å². The Labute approximate surface area is 208 Å². The number of halogens is 2. The van der Waals surface area contributed by atoms with Crippen molar-refractivity contribution in [3.8, 4) is 16.9 Å². The highest BCUT2D eigenvalue weighted by atomic mass is 19.1. The van der Waals surface area contributed by atoms with E-state index in [0.717, 1.165) is 35.3 Å². The number of rotatable bonds is 7. The Hall–Kier alpha value is -2.68. The fourth-order valence-corrected chi connectivity index (χ4v) is 6.50. The highest BCUT2D eigenvalue weighted by molar-refractivity contribution is 5.65. The number of ether oxygens (including phenoxy) is 1. The lowest BCUT2D eigenvalue weighted by Crippen LogP contribution is -2.30. The standard InChI is InChI=1S/C32H36F2O/c1-2-6-22-9-10-25-18-26(12-11-24(25)17-22)27-13-15-29(30(33)19-27)28-14-16-32(31(34)20-28)35-21-23-7-4-3-5-8-23/h3-5,7-8,13-16,19-20,22,24-26H,2,6,9-12,17-18,21H2,1H3/t22?,24-,25-,26-/m1/s1. The summed E-state index contributed by atoms with van der Waals surface area (Å²) in [6.45, 7) is 2.59. The third-order valence-electron chi connectivity index (χ3n) is 8.36. The fourth-order valence-electron chi connectivity index (χ4n) is 6.50. The van der Waals surface area contributed by atoms with E-state index in [0.29, 0.717) is 23.7 Å². The molecule has 184 valence electrons. The summed E-state index contributed by atoms with van der Waals surface area (Å²) >= 11 is 0. The van der Waals surface area contributed by atoms with Gasteiger partial charge in [-0.15, -0.1) is 0 Å².